The van der Waals surface area contributed by atoms with Gasteiger partial charge in [0.25, 0.3) is 5.91 Å². The number of pyridine rings is 1. The lowest BCUT2D eigenvalue weighted by molar-refractivity contribution is -0.120. The van der Waals surface area contributed by atoms with Crippen LogP contribution in [0.4, 0.5) is 5.69 Å². The van der Waals surface area contributed by atoms with Crippen molar-refractivity contribution in [3.8, 4) is 0 Å². The quantitative estimate of drug-likeness (QED) is 0.681. The molecule has 0 atom stereocenters. The molecule has 98 valence electrons. The summed E-state index contributed by atoms with van der Waals surface area (Å²) in [5.41, 5.74) is 1.08. The van der Waals surface area contributed by atoms with E-state index in [-0.39, 0.29) is 24.1 Å². The summed E-state index contributed by atoms with van der Waals surface area (Å²) in [6.45, 7) is 2.54. The molecule has 0 aliphatic rings. The van der Waals surface area contributed by atoms with Gasteiger partial charge < -0.3 is 16.0 Å². The van der Waals surface area contributed by atoms with E-state index in [4.69, 9.17) is 0 Å². The first-order valence-electron chi connectivity index (χ1n) is 5.86. The molecule has 6 nitrogen and oxygen atoms in total. The molecular formula is C12H18N4O2. The van der Waals surface area contributed by atoms with Crippen molar-refractivity contribution in [2.75, 3.05) is 25.5 Å². The topological polar surface area (TPSA) is 83.1 Å². The highest BCUT2D eigenvalue weighted by Gasteiger charge is 2.09. The van der Waals surface area contributed by atoms with Crippen LogP contribution in [0.3, 0.4) is 0 Å². The van der Waals surface area contributed by atoms with E-state index in [1.807, 2.05) is 6.92 Å². The maximum Gasteiger partial charge on any atom is 0.270 e. The lowest BCUT2D eigenvalue weighted by atomic mass is 10.3. The number of nitrogens with zero attached hydrogens (tertiary/aromatic N) is 1. The fraction of sp³-hybridized carbons (Fsp3) is 0.417. The molecule has 0 aliphatic heterocycles. The molecule has 0 saturated carbocycles. The Balaban J connectivity index is 2.47. The first-order valence-corrected chi connectivity index (χ1v) is 5.86. The lowest BCUT2D eigenvalue weighted by Crippen LogP contribution is -2.37. The number of rotatable bonds is 6. The van der Waals surface area contributed by atoms with Crippen LogP contribution in [0.5, 0.6) is 0 Å². The minimum atomic E-state index is -0.362. The fourth-order valence-electron chi connectivity index (χ4n) is 1.29. The lowest BCUT2D eigenvalue weighted by Gasteiger charge is -2.06. The second-order valence-corrected chi connectivity index (χ2v) is 3.71. The molecule has 1 aromatic heterocycles. The minimum Gasteiger partial charge on any atom is -0.388 e. The van der Waals surface area contributed by atoms with Crippen molar-refractivity contribution in [2.45, 2.75) is 13.3 Å². The summed E-state index contributed by atoms with van der Waals surface area (Å²) >= 11 is 0. The summed E-state index contributed by atoms with van der Waals surface area (Å²) in [6, 6.07) is 3.38. The van der Waals surface area contributed by atoms with E-state index < -0.39 is 0 Å². The molecule has 0 radical (unpaired) electrons. The van der Waals surface area contributed by atoms with Crippen molar-refractivity contribution in [2.24, 2.45) is 0 Å². The van der Waals surface area contributed by atoms with Crippen molar-refractivity contribution in [1.29, 1.82) is 0 Å². The Bertz CT molecular complexity index is 420. The van der Waals surface area contributed by atoms with E-state index >= 15 is 0 Å². The van der Waals surface area contributed by atoms with Gasteiger partial charge in [-0.25, -0.2) is 0 Å². The molecule has 0 spiro atoms. The van der Waals surface area contributed by atoms with Gasteiger partial charge in [0.05, 0.1) is 6.54 Å². The first kappa shape index (κ1) is 14.0. The molecule has 3 N–H and O–H groups in total. The van der Waals surface area contributed by atoms with E-state index in [1.165, 1.54) is 6.20 Å². The highest BCUT2D eigenvalue weighted by molar-refractivity contribution is 5.95. The number of hydrogen-bond donors (Lipinski definition) is 3. The van der Waals surface area contributed by atoms with Crippen molar-refractivity contribution in [3.63, 3.8) is 0 Å². The van der Waals surface area contributed by atoms with Crippen LogP contribution in [0.1, 0.15) is 23.8 Å². The zero-order valence-corrected chi connectivity index (χ0v) is 10.6. The minimum absolute atomic E-state index is 0.0374. The van der Waals surface area contributed by atoms with Gasteiger partial charge in [-0.2, -0.15) is 0 Å². The molecule has 0 bridgehead atoms. The Kier molecular flexibility index (Phi) is 5.63. The average molecular weight is 250 g/mol. The summed E-state index contributed by atoms with van der Waals surface area (Å²) in [5, 5.41) is 8.11. The third-order valence-electron chi connectivity index (χ3n) is 2.26. The largest absolute Gasteiger partial charge is 0.388 e. The van der Waals surface area contributed by atoms with Gasteiger partial charge in [0, 0.05) is 25.5 Å². The van der Waals surface area contributed by atoms with Gasteiger partial charge in [-0.3, -0.25) is 14.6 Å². The Hall–Kier alpha value is -2.11. The van der Waals surface area contributed by atoms with Crippen LogP contribution in [0.2, 0.25) is 0 Å². The molecule has 0 fully saturated rings. The number of anilines is 1. The van der Waals surface area contributed by atoms with Gasteiger partial charge in [0.1, 0.15) is 5.69 Å². The predicted octanol–water partition coefficient (Wildman–Crippen LogP) is 0.379. The monoisotopic (exact) mass is 250 g/mol. The smallest absolute Gasteiger partial charge is 0.270 e. The Morgan fingerprint density at radius 1 is 1.33 bits per heavy atom. The van der Waals surface area contributed by atoms with Crippen LogP contribution in [0.25, 0.3) is 0 Å². The molecule has 2 amide bonds. The number of carbonyl (C=O) groups is 2. The van der Waals surface area contributed by atoms with Gasteiger partial charge in [0.15, 0.2) is 0 Å². The number of nitrogens with one attached hydrogen (secondary N) is 3. The van der Waals surface area contributed by atoms with Gasteiger partial charge in [-0.1, -0.05) is 6.92 Å². The van der Waals surface area contributed by atoms with Crippen molar-refractivity contribution >= 4 is 17.5 Å². The van der Waals surface area contributed by atoms with E-state index in [0.29, 0.717) is 6.54 Å². The molecule has 1 rings (SSSR count). The van der Waals surface area contributed by atoms with Gasteiger partial charge in [-0.05, 0) is 18.6 Å². The third kappa shape index (κ3) is 4.40. The average Bonchev–Trinajstić information content (AvgIpc) is 2.42. The highest BCUT2D eigenvalue weighted by Crippen LogP contribution is 2.06. The second-order valence-electron chi connectivity index (χ2n) is 3.71. The van der Waals surface area contributed by atoms with Crippen molar-refractivity contribution < 1.29 is 9.59 Å². The van der Waals surface area contributed by atoms with E-state index in [1.54, 1.807) is 19.2 Å². The maximum atomic E-state index is 11.7. The Morgan fingerprint density at radius 3 is 2.78 bits per heavy atom. The number of hydrogen-bond acceptors (Lipinski definition) is 4. The van der Waals surface area contributed by atoms with E-state index in [0.717, 1.165) is 12.1 Å². The van der Waals surface area contributed by atoms with Crippen molar-refractivity contribution in [1.82, 2.24) is 15.6 Å². The molecule has 0 aromatic carbocycles. The van der Waals surface area contributed by atoms with Crippen LogP contribution in [0, 0.1) is 0 Å². The summed E-state index contributed by atoms with van der Waals surface area (Å²) < 4.78 is 0. The number of amides is 2. The van der Waals surface area contributed by atoms with Gasteiger partial charge in [0.2, 0.25) is 5.91 Å². The van der Waals surface area contributed by atoms with Gasteiger partial charge in [-0.15, -0.1) is 0 Å². The summed E-state index contributed by atoms with van der Waals surface area (Å²) in [4.78, 5) is 27.0. The van der Waals surface area contributed by atoms with Gasteiger partial charge >= 0.3 is 0 Å². The zero-order valence-electron chi connectivity index (χ0n) is 10.6. The normalized spacial score (nSPS) is 9.67. The molecule has 1 aromatic rings. The fourth-order valence-corrected chi connectivity index (χ4v) is 1.29. The summed E-state index contributed by atoms with van der Waals surface area (Å²) in [6.07, 6.45) is 2.41. The number of carbonyl (C=O) groups excluding carboxylic acids is 2. The van der Waals surface area contributed by atoms with Crippen LogP contribution in [-0.2, 0) is 4.79 Å². The van der Waals surface area contributed by atoms with E-state index in [9.17, 15) is 9.59 Å². The highest BCUT2D eigenvalue weighted by atomic mass is 16.2. The van der Waals surface area contributed by atoms with Crippen LogP contribution in [0.15, 0.2) is 18.3 Å². The predicted molar refractivity (Wildman–Crippen MR) is 69.4 cm³/mol. The first-order chi connectivity index (χ1) is 8.67. The summed E-state index contributed by atoms with van der Waals surface area (Å²) in [7, 11) is 1.76. The Morgan fingerprint density at radius 2 is 2.11 bits per heavy atom. The zero-order chi connectivity index (χ0) is 13.4. The SMILES string of the molecule is CCCNC(=O)CNC(=O)c1cc(NC)ccn1. The molecule has 1 heterocycles. The molecular weight excluding hydrogens is 232 g/mol. The van der Waals surface area contributed by atoms with Crippen LogP contribution >= 0.6 is 0 Å². The third-order valence-corrected chi connectivity index (χ3v) is 2.26. The molecule has 0 saturated heterocycles. The van der Waals surface area contributed by atoms with E-state index in [2.05, 4.69) is 20.9 Å². The second kappa shape index (κ2) is 7.26. The number of aromatic nitrogens is 1. The van der Waals surface area contributed by atoms with Crippen LogP contribution < -0.4 is 16.0 Å². The summed E-state index contributed by atoms with van der Waals surface area (Å²) in [5.74, 6) is -0.561. The molecule has 6 heteroatoms. The maximum absolute atomic E-state index is 11.7. The molecule has 18 heavy (non-hydrogen) atoms. The van der Waals surface area contributed by atoms with Crippen LogP contribution in [-0.4, -0.2) is 36.9 Å². The van der Waals surface area contributed by atoms with Crippen molar-refractivity contribution in [3.05, 3.63) is 24.0 Å². The Labute approximate surface area is 106 Å². The molecule has 0 aliphatic carbocycles. The standard InChI is InChI=1S/C12H18N4O2/c1-3-5-15-11(17)8-16-12(18)10-7-9(13-2)4-6-14-10/h4,6-7H,3,5,8H2,1-2H3,(H,13,14)(H,15,17)(H,16,18). The molecule has 0 unspecified atom stereocenters.